The average molecular weight is 294 g/mol. The number of hydrogen-bond donors (Lipinski definition) is 3. The second-order valence-electron chi connectivity index (χ2n) is 4.63. The van der Waals surface area contributed by atoms with Crippen LogP contribution < -0.4 is 10.5 Å². The molecule has 7 heteroatoms. The van der Waals surface area contributed by atoms with Gasteiger partial charge < -0.3 is 5.73 Å². The second-order valence-corrected chi connectivity index (χ2v) is 6.34. The Balaban J connectivity index is 2.11. The van der Waals surface area contributed by atoms with Crippen LogP contribution in [0, 0.1) is 13.8 Å². The third-order valence-electron chi connectivity index (χ3n) is 3.05. The smallest absolute Gasteiger partial charge is 0.244 e. The molecule has 0 amide bonds. The van der Waals surface area contributed by atoms with E-state index in [2.05, 4.69) is 14.9 Å². The highest BCUT2D eigenvalue weighted by Crippen LogP contribution is 2.17. The summed E-state index contributed by atoms with van der Waals surface area (Å²) < 4.78 is 27.0. The monoisotopic (exact) mass is 294 g/mol. The molecule has 0 saturated carbocycles. The van der Waals surface area contributed by atoms with Crippen molar-refractivity contribution in [1.29, 1.82) is 0 Å². The first-order chi connectivity index (χ1) is 9.42. The summed E-state index contributed by atoms with van der Waals surface area (Å²) in [5.74, 6) is 0. The van der Waals surface area contributed by atoms with Crippen molar-refractivity contribution in [2.75, 3.05) is 6.54 Å². The molecule has 6 nitrogen and oxygen atoms in total. The Morgan fingerprint density at radius 1 is 1.30 bits per heavy atom. The molecule has 1 aromatic heterocycles. The molecule has 0 bridgehead atoms. The molecule has 0 aliphatic rings. The Morgan fingerprint density at radius 2 is 1.95 bits per heavy atom. The molecule has 0 radical (unpaired) electrons. The van der Waals surface area contributed by atoms with Crippen molar-refractivity contribution in [1.82, 2.24) is 14.9 Å². The lowest BCUT2D eigenvalue weighted by molar-refractivity contribution is 0.571. The van der Waals surface area contributed by atoms with Gasteiger partial charge in [-0.2, -0.15) is 5.10 Å². The minimum absolute atomic E-state index is 0.135. The molecule has 1 atom stereocenters. The van der Waals surface area contributed by atoms with E-state index in [0.717, 1.165) is 5.56 Å². The summed E-state index contributed by atoms with van der Waals surface area (Å²) in [7, 11) is -3.61. The predicted molar refractivity (Wildman–Crippen MR) is 76.6 cm³/mol. The molecule has 0 fully saturated rings. The molecule has 1 heterocycles. The molecule has 4 N–H and O–H groups in total. The van der Waals surface area contributed by atoms with Gasteiger partial charge >= 0.3 is 0 Å². The SMILES string of the molecule is Cc1n[nH]c(C)c1S(=O)(=O)NCC(N)c1ccccc1. The number of benzene rings is 1. The lowest BCUT2D eigenvalue weighted by Crippen LogP contribution is -2.32. The highest BCUT2D eigenvalue weighted by Gasteiger charge is 2.22. The number of nitrogens with zero attached hydrogens (tertiary/aromatic N) is 1. The predicted octanol–water partition coefficient (Wildman–Crippen LogP) is 1.00. The molecule has 108 valence electrons. The second kappa shape index (κ2) is 5.74. The fourth-order valence-electron chi connectivity index (χ4n) is 2.03. The summed E-state index contributed by atoms with van der Waals surface area (Å²) in [6.45, 7) is 3.46. The van der Waals surface area contributed by atoms with Gasteiger partial charge in [0.15, 0.2) is 0 Å². The molecule has 0 saturated heterocycles. The van der Waals surface area contributed by atoms with Gasteiger partial charge in [0, 0.05) is 12.6 Å². The van der Waals surface area contributed by atoms with Crippen LogP contribution in [-0.2, 0) is 10.0 Å². The summed E-state index contributed by atoms with van der Waals surface area (Å²) in [5.41, 5.74) is 7.83. The van der Waals surface area contributed by atoms with E-state index in [1.165, 1.54) is 0 Å². The van der Waals surface area contributed by atoms with Gasteiger partial charge in [0.2, 0.25) is 10.0 Å². The van der Waals surface area contributed by atoms with Crippen LogP contribution in [0.25, 0.3) is 0 Å². The minimum Gasteiger partial charge on any atom is -0.323 e. The fourth-order valence-corrected chi connectivity index (χ4v) is 3.45. The van der Waals surface area contributed by atoms with Crippen molar-refractivity contribution >= 4 is 10.0 Å². The van der Waals surface area contributed by atoms with Gasteiger partial charge in [-0.05, 0) is 19.4 Å². The summed E-state index contributed by atoms with van der Waals surface area (Å²) in [5, 5.41) is 6.55. The van der Waals surface area contributed by atoms with Crippen molar-refractivity contribution in [2.24, 2.45) is 5.73 Å². The molecule has 1 aromatic carbocycles. The van der Waals surface area contributed by atoms with E-state index in [1.807, 2.05) is 30.3 Å². The van der Waals surface area contributed by atoms with Crippen LogP contribution in [0.2, 0.25) is 0 Å². The number of nitrogens with one attached hydrogen (secondary N) is 2. The van der Waals surface area contributed by atoms with Crippen LogP contribution in [0.15, 0.2) is 35.2 Å². The Hall–Kier alpha value is -1.70. The van der Waals surface area contributed by atoms with Gasteiger partial charge in [-0.1, -0.05) is 30.3 Å². The van der Waals surface area contributed by atoms with Crippen LogP contribution in [0.5, 0.6) is 0 Å². The highest BCUT2D eigenvalue weighted by atomic mass is 32.2. The minimum atomic E-state index is -3.61. The molecule has 1 unspecified atom stereocenters. The van der Waals surface area contributed by atoms with Crippen LogP contribution in [0.4, 0.5) is 0 Å². The zero-order chi connectivity index (χ0) is 14.8. The van der Waals surface area contributed by atoms with E-state index in [1.54, 1.807) is 13.8 Å². The number of aryl methyl sites for hydroxylation is 2. The van der Waals surface area contributed by atoms with E-state index in [4.69, 9.17) is 5.73 Å². The van der Waals surface area contributed by atoms with Crippen LogP contribution >= 0.6 is 0 Å². The first-order valence-corrected chi connectivity index (χ1v) is 7.72. The quantitative estimate of drug-likeness (QED) is 0.766. The highest BCUT2D eigenvalue weighted by molar-refractivity contribution is 7.89. The third-order valence-corrected chi connectivity index (χ3v) is 4.74. The summed E-state index contributed by atoms with van der Waals surface area (Å²) in [6, 6.07) is 8.97. The number of nitrogens with two attached hydrogens (primary N) is 1. The van der Waals surface area contributed by atoms with Gasteiger partial charge in [-0.15, -0.1) is 0 Å². The van der Waals surface area contributed by atoms with Crippen LogP contribution in [-0.4, -0.2) is 25.2 Å². The van der Waals surface area contributed by atoms with Crippen LogP contribution in [0.1, 0.15) is 23.0 Å². The lowest BCUT2D eigenvalue weighted by atomic mass is 10.1. The molecule has 0 aliphatic carbocycles. The van der Waals surface area contributed by atoms with Crippen molar-refractivity contribution < 1.29 is 8.42 Å². The van der Waals surface area contributed by atoms with E-state index >= 15 is 0 Å². The lowest BCUT2D eigenvalue weighted by Gasteiger charge is -2.13. The van der Waals surface area contributed by atoms with Crippen molar-refractivity contribution in [3.05, 3.63) is 47.3 Å². The summed E-state index contributed by atoms with van der Waals surface area (Å²) >= 11 is 0. The molecular weight excluding hydrogens is 276 g/mol. The zero-order valence-electron chi connectivity index (χ0n) is 11.4. The molecule has 20 heavy (non-hydrogen) atoms. The molecule has 0 aliphatic heterocycles. The number of aromatic amines is 1. The average Bonchev–Trinajstić information content (AvgIpc) is 2.77. The maximum Gasteiger partial charge on any atom is 0.244 e. The molecule has 2 aromatic rings. The Labute approximate surface area is 118 Å². The summed E-state index contributed by atoms with van der Waals surface area (Å²) in [6.07, 6.45) is 0. The molecule has 2 rings (SSSR count). The van der Waals surface area contributed by atoms with Crippen molar-refractivity contribution in [3.8, 4) is 0 Å². The number of hydrogen-bond acceptors (Lipinski definition) is 4. The standard InChI is InChI=1S/C13H18N4O2S/c1-9-13(10(2)17-16-9)20(18,19)15-8-12(14)11-6-4-3-5-7-11/h3-7,12,15H,8,14H2,1-2H3,(H,16,17). The fraction of sp³-hybridized carbons (Fsp3) is 0.308. The van der Waals surface area contributed by atoms with E-state index < -0.39 is 16.1 Å². The normalized spacial score (nSPS) is 13.3. The number of aromatic nitrogens is 2. The van der Waals surface area contributed by atoms with Gasteiger partial charge in [0.1, 0.15) is 4.90 Å². The Kier molecular flexibility index (Phi) is 4.22. The van der Waals surface area contributed by atoms with E-state index in [9.17, 15) is 8.42 Å². The van der Waals surface area contributed by atoms with Gasteiger partial charge in [-0.25, -0.2) is 13.1 Å². The maximum absolute atomic E-state index is 12.2. The zero-order valence-corrected chi connectivity index (χ0v) is 12.2. The largest absolute Gasteiger partial charge is 0.323 e. The first-order valence-electron chi connectivity index (χ1n) is 6.23. The van der Waals surface area contributed by atoms with Gasteiger partial charge in [-0.3, -0.25) is 5.10 Å². The van der Waals surface area contributed by atoms with Crippen molar-refractivity contribution in [2.45, 2.75) is 24.8 Å². The first kappa shape index (κ1) is 14.7. The Bertz CT molecular complexity index is 660. The maximum atomic E-state index is 12.2. The third kappa shape index (κ3) is 3.06. The molecular formula is C13H18N4O2S. The number of sulfonamides is 1. The van der Waals surface area contributed by atoms with Gasteiger partial charge in [0.25, 0.3) is 0 Å². The van der Waals surface area contributed by atoms with Crippen LogP contribution in [0.3, 0.4) is 0 Å². The number of rotatable bonds is 5. The molecule has 0 spiro atoms. The van der Waals surface area contributed by atoms with E-state index in [-0.39, 0.29) is 11.4 Å². The van der Waals surface area contributed by atoms with Crippen molar-refractivity contribution in [3.63, 3.8) is 0 Å². The topological polar surface area (TPSA) is 101 Å². The van der Waals surface area contributed by atoms with Gasteiger partial charge in [0.05, 0.1) is 11.4 Å². The summed E-state index contributed by atoms with van der Waals surface area (Å²) in [4.78, 5) is 0.192. The van der Waals surface area contributed by atoms with E-state index in [0.29, 0.717) is 11.4 Å². The Morgan fingerprint density at radius 3 is 2.50 bits per heavy atom. The number of H-pyrrole nitrogens is 1.